The van der Waals surface area contributed by atoms with Gasteiger partial charge in [-0.1, -0.05) is 35.3 Å². The minimum atomic E-state index is -0.378. The van der Waals surface area contributed by atoms with Gasteiger partial charge in [-0.15, -0.1) is 0 Å². The third kappa shape index (κ3) is 4.14. The van der Waals surface area contributed by atoms with E-state index >= 15 is 0 Å². The Morgan fingerprint density at radius 1 is 0.900 bits per heavy atom. The van der Waals surface area contributed by atoms with Crippen LogP contribution in [-0.4, -0.2) is 11.0 Å². The highest BCUT2D eigenvalue weighted by molar-refractivity contribution is 6.42. The molecule has 4 rings (SSSR count). The second kappa shape index (κ2) is 8.40. The highest BCUT2D eigenvalue weighted by Crippen LogP contribution is 2.31. The van der Waals surface area contributed by atoms with Crippen molar-refractivity contribution in [3.63, 3.8) is 0 Å². The number of nitrogens with one attached hydrogen (secondary N) is 1. The summed E-state index contributed by atoms with van der Waals surface area (Å²) in [6.07, 6.45) is 0. The zero-order valence-electron chi connectivity index (χ0n) is 15.9. The van der Waals surface area contributed by atoms with Gasteiger partial charge in [0.25, 0.3) is 5.91 Å². The molecule has 0 radical (unpaired) electrons. The Balaban J connectivity index is 1.56. The molecule has 0 aliphatic rings. The van der Waals surface area contributed by atoms with Gasteiger partial charge in [-0.3, -0.25) is 4.79 Å². The number of furan rings is 2. The predicted octanol–water partition coefficient (Wildman–Crippen LogP) is 6.57. The molecule has 1 amide bonds. The summed E-state index contributed by atoms with van der Waals surface area (Å²) >= 11 is 12.0. The molecule has 0 unspecified atom stereocenters. The lowest BCUT2D eigenvalue weighted by atomic mass is 10.1. The monoisotopic (exact) mass is 441 g/mol. The maximum Gasteiger partial charge on any atom is 0.291 e. The van der Waals surface area contributed by atoms with Gasteiger partial charge in [0.1, 0.15) is 23.9 Å². The number of carbonyl (C=O) groups excluding carboxylic acids is 1. The number of aliphatic hydroxyl groups is 1. The van der Waals surface area contributed by atoms with E-state index in [1.165, 1.54) is 0 Å². The lowest BCUT2D eigenvalue weighted by Gasteiger charge is -2.09. The minimum absolute atomic E-state index is 0.168. The van der Waals surface area contributed by atoms with Gasteiger partial charge >= 0.3 is 0 Å². The number of aryl methyl sites for hydroxylation is 1. The Morgan fingerprint density at radius 2 is 1.60 bits per heavy atom. The summed E-state index contributed by atoms with van der Waals surface area (Å²) in [6, 6.07) is 17.5. The second-order valence-electron chi connectivity index (χ2n) is 6.70. The molecule has 152 valence electrons. The molecule has 2 N–H and O–H groups in total. The molecule has 0 aliphatic heterocycles. The molecule has 0 saturated heterocycles. The van der Waals surface area contributed by atoms with Gasteiger partial charge in [0.05, 0.1) is 10.0 Å². The van der Waals surface area contributed by atoms with Crippen LogP contribution in [-0.2, 0) is 6.61 Å². The van der Waals surface area contributed by atoms with Crippen molar-refractivity contribution in [3.8, 4) is 22.6 Å². The third-order valence-electron chi connectivity index (χ3n) is 4.62. The molecule has 4 aromatic rings. The molecule has 2 aromatic carbocycles. The molecule has 0 spiro atoms. The quantitative estimate of drug-likeness (QED) is 0.367. The number of benzene rings is 2. The van der Waals surface area contributed by atoms with E-state index in [1.54, 1.807) is 42.5 Å². The van der Waals surface area contributed by atoms with Crippen molar-refractivity contribution in [1.29, 1.82) is 0 Å². The molecule has 30 heavy (non-hydrogen) atoms. The zero-order valence-corrected chi connectivity index (χ0v) is 17.4. The Labute approximate surface area is 182 Å². The molecular formula is C23H17Cl2NO4. The smallest absolute Gasteiger partial charge is 0.291 e. The third-order valence-corrected chi connectivity index (χ3v) is 5.36. The molecule has 0 fully saturated rings. The standard InChI is InChI=1S/C23H17Cl2NO4/c1-13-2-3-15(20-7-5-16(12-27)29-20)11-19(13)26-23(28)22-9-8-21(30-22)14-4-6-17(24)18(25)10-14/h2-11,27H,12H2,1H3,(H,26,28). The second-order valence-corrected chi connectivity index (χ2v) is 7.52. The molecule has 0 bridgehead atoms. The molecule has 5 nitrogen and oxygen atoms in total. The first-order chi connectivity index (χ1) is 14.4. The minimum Gasteiger partial charge on any atom is -0.459 e. The summed E-state index contributed by atoms with van der Waals surface area (Å²) in [7, 11) is 0. The van der Waals surface area contributed by atoms with Crippen LogP contribution in [0.1, 0.15) is 21.9 Å². The number of carbonyl (C=O) groups is 1. The largest absolute Gasteiger partial charge is 0.459 e. The number of hydrogen-bond acceptors (Lipinski definition) is 4. The Morgan fingerprint density at radius 3 is 2.33 bits per heavy atom. The summed E-state index contributed by atoms with van der Waals surface area (Å²) in [6.45, 7) is 1.72. The van der Waals surface area contributed by atoms with Crippen LogP contribution in [0.2, 0.25) is 10.0 Å². The number of rotatable bonds is 5. The van der Waals surface area contributed by atoms with Gasteiger partial charge < -0.3 is 19.3 Å². The van der Waals surface area contributed by atoms with Crippen LogP contribution >= 0.6 is 23.2 Å². The molecule has 0 atom stereocenters. The normalized spacial score (nSPS) is 10.9. The number of amides is 1. The van der Waals surface area contributed by atoms with Gasteiger partial charge in [-0.25, -0.2) is 0 Å². The highest BCUT2D eigenvalue weighted by atomic mass is 35.5. The topological polar surface area (TPSA) is 75.6 Å². The lowest BCUT2D eigenvalue weighted by molar-refractivity contribution is 0.0997. The van der Waals surface area contributed by atoms with Crippen molar-refractivity contribution < 1.29 is 18.7 Å². The molecular weight excluding hydrogens is 425 g/mol. The van der Waals surface area contributed by atoms with E-state index in [1.807, 2.05) is 25.1 Å². The van der Waals surface area contributed by atoms with Crippen molar-refractivity contribution in [2.45, 2.75) is 13.5 Å². The first-order valence-electron chi connectivity index (χ1n) is 9.12. The Bertz CT molecular complexity index is 1230. The maximum absolute atomic E-state index is 12.7. The average molecular weight is 442 g/mol. The van der Waals surface area contributed by atoms with E-state index in [2.05, 4.69) is 5.32 Å². The highest BCUT2D eigenvalue weighted by Gasteiger charge is 2.15. The fourth-order valence-corrected chi connectivity index (χ4v) is 3.27. The zero-order chi connectivity index (χ0) is 21.3. The number of aliphatic hydroxyl groups excluding tert-OH is 1. The summed E-state index contributed by atoms with van der Waals surface area (Å²) in [5.41, 5.74) is 3.02. The first-order valence-corrected chi connectivity index (χ1v) is 9.87. The molecule has 2 heterocycles. The van der Waals surface area contributed by atoms with Crippen LogP contribution < -0.4 is 5.32 Å². The van der Waals surface area contributed by atoms with Crippen molar-refractivity contribution in [1.82, 2.24) is 0 Å². The van der Waals surface area contributed by atoms with E-state index in [-0.39, 0.29) is 18.3 Å². The summed E-state index contributed by atoms with van der Waals surface area (Å²) in [5.74, 6) is 1.38. The van der Waals surface area contributed by atoms with Crippen LogP contribution in [0.3, 0.4) is 0 Å². The van der Waals surface area contributed by atoms with Gasteiger partial charge in [0.15, 0.2) is 5.76 Å². The predicted molar refractivity (Wildman–Crippen MR) is 117 cm³/mol. The number of anilines is 1. The summed E-state index contributed by atoms with van der Waals surface area (Å²) < 4.78 is 11.3. The SMILES string of the molecule is Cc1ccc(-c2ccc(CO)o2)cc1NC(=O)c1ccc(-c2ccc(Cl)c(Cl)c2)o1. The maximum atomic E-state index is 12.7. The van der Waals surface area contributed by atoms with Crippen LogP contribution in [0.4, 0.5) is 5.69 Å². The van der Waals surface area contributed by atoms with Gasteiger partial charge in [-0.05, 0) is 61.0 Å². The molecule has 7 heteroatoms. The molecule has 0 saturated carbocycles. The van der Waals surface area contributed by atoms with Gasteiger partial charge in [0, 0.05) is 16.8 Å². The van der Waals surface area contributed by atoms with Crippen molar-refractivity contribution in [2.75, 3.05) is 5.32 Å². The summed E-state index contributed by atoms with van der Waals surface area (Å²) in [4.78, 5) is 12.7. The van der Waals surface area contributed by atoms with E-state index < -0.39 is 0 Å². The van der Waals surface area contributed by atoms with Crippen LogP contribution in [0, 0.1) is 6.92 Å². The van der Waals surface area contributed by atoms with Crippen LogP contribution in [0.25, 0.3) is 22.6 Å². The van der Waals surface area contributed by atoms with Gasteiger partial charge in [0.2, 0.25) is 0 Å². The van der Waals surface area contributed by atoms with Crippen LogP contribution in [0.5, 0.6) is 0 Å². The average Bonchev–Trinajstić information content (AvgIpc) is 3.41. The van der Waals surface area contributed by atoms with Crippen LogP contribution in [0.15, 0.2) is 69.5 Å². The van der Waals surface area contributed by atoms with Crippen molar-refractivity contribution in [2.24, 2.45) is 0 Å². The molecule has 2 aromatic heterocycles. The summed E-state index contributed by atoms with van der Waals surface area (Å²) in [5, 5.41) is 12.9. The van der Waals surface area contributed by atoms with E-state index in [0.29, 0.717) is 33.0 Å². The Kier molecular flexibility index (Phi) is 5.68. The van der Waals surface area contributed by atoms with Gasteiger partial charge in [-0.2, -0.15) is 0 Å². The molecule has 0 aliphatic carbocycles. The van der Waals surface area contributed by atoms with Crippen molar-refractivity contribution in [3.05, 3.63) is 87.8 Å². The van der Waals surface area contributed by atoms with E-state index in [0.717, 1.165) is 16.7 Å². The van der Waals surface area contributed by atoms with Crippen molar-refractivity contribution >= 4 is 34.8 Å². The number of hydrogen-bond donors (Lipinski definition) is 2. The first kappa shape index (κ1) is 20.3. The van der Waals surface area contributed by atoms with E-state index in [9.17, 15) is 9.90 Å². The lowest BCUT2D eigenvalue weighted by Crippen LogP contribution is -2.11. The Hall–Kier alpha value is -2.99. The fourth-order valence-electron chi connectivity index (χ4n) is 2.98. The van der Waals surface area contributed by atoms with E-state index in [4.69, 9.17) is 32.0 Å². The fraction of sp³-hybridized carbons (Fsp3) is 0.0870. The number of halogens is 2.